The molecule has 0 radical (unpaired) electrons. The number of hydrogen-bond donors (Lipinski definition) is 1. The van der Waals surface area contributed by atoms with Gasteiger partial charge in [-0.2, -0.15) is 0 Å². The summed E-state index contributed by atoms with van der Waals surface area (Å²) in [5.74, 6) is -0.208. The minimum Gasteiger partial charge on any atom is -0.489 e. The van der Waals surface area contributed by atoms with Crippen LogP contribution in [0.5, 0.6) is 5.75 Å². The topological polar surface area (TPSA) is 77.0 Å². The van der Waals surface area contributed by atoms with Crippen molar-refractivity contribution in [2.75, 3.05) is 0 Å². The normalized spacial score (nSPS) is 10.8. The second-order valence-corrected chi connectivity index (χ2v) is 7.19. The molecule has 0 saturated carbocycles. The van der Waals surface area contributed by atoms with Crippen molar-refractivity contribution in [3.05, 3.63) is 94.8 Å². The van der Waals surface area contributed by atoms with E-state index in [1.807, 2.05) is 43.3 Å². The second kappa shape index (κ2) is 8.87. The Kier molecular flexibility index (Phi) is 5.84. The molecule has 6 nitrogen and oxygen atoms in total. The van der Waals surface area contributed by atoms with Gasteiger partial charge in [0.25, 0.3) is 5.91 Å². The number of halogens is 1. The average molecular weight is 416 g/mol. The lowest BCUT2D eigenvalue weighted by molar-refractivity contribution is 0.0952. The molecule has 0 unspecified atom stereocenters. The van der Waals surface area contributed by atoms with Gasteiger partial charge in [0, 0.05) is 30.6 Å². The van der Waals surface area contributed by atoms with Gasteiger partial charge in [0.15, 0.2) is 0 Å². The molecule has 7 heteroatoms. The van der Waals surface area contributed by atoms with Crippen LogP contribution in [0.4, 0.5) is 4.39 Å². The van der Waals surface area contributed by atoms with Gasteiger partial charge < -0.3 is 10.1 Å². The highest BCUT2D eigenvalue weighted by molar-refractivity contribution is 6.04. The van der Waals surface area contributed by atoms with Crippen molar-refractivity contribution in [2.45, 2.75) is 27.0 Å². The Morgan fingerprint density at radius 3 is 2.55 bits per heavy atom. The maximum absolute atomic E-state index is 14.0. The molecule has 0 aliphatic heterocycles. The Morgan fingerprint density at radius 1 is 1.03 bits per heavy atom. The molecule has 2 heterocycles. The van der Waals surface area contributed by atoms with Gasteiger partial charge in [-0.3, -0.25) is 9.78 Å². The fourth-order valence-corrected chi connectivity index (χ4v) is 3.10. The van der Waals surface area contributed by atoms with Crippen LogP contribution < -0.4 is 10.1 Å². The zero-order chi connectivity index (χ0) is 21.8. The van der Waals surface area contributed by atoms with Gasteiger partial charge >= 0.3 is 0 Å². The Bertz CT molecular complexity index is 1230. The number of aryl methyl sites for hydroxylation is 2. The summed E-state index contributed by atoms with van der Waals surface area (Å²) in [6, 6.07) is 13.7. The van der Waals surface area contributed by atoms with E-state index in [9.17, 15) is 9.18 Å². The van der Waals surface area contributed by atoms with Crippen LogP contribution in [-0.2, 0) is 13.2 Å². The highest BCUT2D eigenvalue weighted by atomic mass is 19.1. The first-order chi connectivity index (χ1) is 15.0. The largest absolute Gasteiger partial charge is 0.489 e. The third-order valence-corrected chi connectivity index (χ3v) is 4.90. The summed E-state index contributed by atoms with van der Waals surface area (Å²) in [6.07, 6.45) is 3.47. The molecule has 2 aromatic heterocycles. The Labute approximate surface area is 179 Å². The number of rotatable bonds is 6. The van der Waals surface area contributed by atoms with Gasteiger partial charge in [-0.1, -0.05) is 18.2 Å². The summed E-state index contributed by atoms with van der Waals surface area (Å²) < 4.78 is 19.8. The zero-order valence-electron chi connectivity index (χ0n) is 17.2. The maximum Gasteiger partial charge on any atom is 0.253 e. The van der Waals surface area contributed by atoms with Crippen LogP contribution in [0, 0.1) is 19.7 Å². The van der Waals surface area contributed by atoms with Gasteiger partial charge in [-0.15, -0.1) is 0 Å². The van der Waals surface area contributed by atoms with Gasteiger partial charge in [0.2, 0.25) is 0 Å². The van der Waals surface area contributed by atoms with Crippen molar-refractivity contribution in [2.24, 2.45) is 0 Å². The fraction of sp³-hybridized carbons (Fsp3) is 0.167. The van der Waals surface area contributed by atoms with E-state index in [4.69, 9.17) is 4.74 Å². The number of nitrogens with zero attached hydrogens (tertiary/aromatic N) is 3. The number of aromatic nitrogens is 3. The molecule has 156 valence electrons. The number of fused-ring (bicyclic) bond motifs is 1. The minimum absolute atomic E-state index is 0.169. The summed E-state index contributed by atoms with van der Waals surface area (Å²) in [5.41, 5.74) is 4.20. The highest BCUT2D eigenvalue weighted by Gasteiger charge is 2.15. The first kappa shape index (κ1) is 20.4. The fourth-order valence-electron chi connectivity index (χ4n) is 3.10. The number of benzene rings is 2. The lowest BCUT2D eigenvalue weighted by Gasteiger charge is -2.10. The third kappa shape index (κ3) is 4.83. The quantitative estimate of drug-likeness (QED) is 0.507. The number of amides is 1. The van der Waals surface area contributed by atoms with Crippen LogP contribution in [0.1, 0.15) is 32.9 Å². The van der Waals surface area contributed by atoms with E-state index in [2.05, 4.69) is 20.3 Å². The minimum atomic E-state index is -0.523. The Hall–Kier alpha value is -3.87. The lowest BCUT2D eigenvalue weighted by atomic mass is 10.1. The molecule has 0 aliphatic carbocycles. The smallest absolute Gasteiger partial charge is 0.253 e. The predicted octanol–water partition coefficient (Wildman–Crippen LogP) is 4.29. The molecule has 4 aromatic rings. The van der Waals surface area contributed by atoms with Gasteiger partial charge in [0.1, 0.15) is 23.7 Å². The standard InChI is InChI=1S/C24H21FN4O2/c1-15-16(2)29-23-21(10-19(25)11-22(23)28-15)24(30)27-13-17-5-7-20(8-6-17)31-14-18-4-3-9-26-12-18/h3-12H,13-14H2,1-2H3,(H,27,30). The molecule has 0 saturated heterocycles. The molecular weight excluding hydrogens is 395 g/mol. The molecule has 0 fully saturated rings. The van der Waals surface area contributed by atoms with E-state index >= 15 is 0 Å². The first-order valence-electron chi connectivity index (χ1n) is 9.83. The SMILES string of the molecule is Cc1nc2cc(F)cc(C(=O)NCc3ccc(OCc4cccnc4)cc3)c2nc1C. The highest BCUT2D eigenvalue weighted by Crippen LogP contribution is 2.20. The molecule has 1 N–H and O–H groups in total. The summed E-state index contributed by atoms with van der Waals surface area (Å²) >= 11 is 0. The van der Waals surface area contributed by atoms with E-state index in [0.717, 1.165) is 16.9 Å². The summed E-state index contributed by atoms with van der Waals surface area (Å²) in [6.45, 7) is 4.33. The first-order valence-corrected chi connectivity index (χ1v) is 9.83. The monoisotopic (exact) mass is 416 g/mol. The van der Waals surface area contributed by atoms with Gasteiger partial charge in [-0.05, 0) is 43.7 Å². The maximum atomic E-state index is 14.0. The van der Waals surface area contributed by atoms with Crippen LogP contribution in [0.3, 0.4) is 0 Å². The Balaban J connectivity index is 1.42. The summed E-state index contributed by atoms with van der Waals surface area (Å²) in [5, 5.41) is 2.82. The summed E-state index contributed by atoms with van der Waals surface area (Å²) in [4.78, 5) is 25.6. The molecular formula is C24H21FN4O2. The number of carbonyl (C=O) groups excluding carboxylic acids is 1. The third-order valence-electron chi connectivity index (χ3n) is 4.90. The molecule has 4 rings (SSSR count). The predicted molar refractivity (Wildman–Crippen MR) is 115 cm³/mol. The van der Waals surface area contributed by atoms with Crippen molar-refractivity contribution in [3.63, 3.8) is 0 Å². The number of pyridine rings is 1. The van der Waals surface area contributed by atoms with E-state index in [1.165, 1.54) is 12.1 Å². The zero-order valence-corrected chi connectivity index (χ0v) is 17.2. The van der Waals surface area contributed by atoms with E-state index in [0.29, 0.717) is 29.0 Å². The second-order valence-electron chi connectivity index (χ2n) is 7.19. The van der Waals surface area contributed by atoms with Crippen molar-refractivity contribution in [1.29, 1.82) is 0 Å². The van der Waals surface area contributed by atoms with Crippen LogP contribution >= 0.6 is 0 Å². The molecule has 0 spiro atoms. The summed E-state index contributed by atoms with van der Waals surface area (Å²) in [7, 11) is 0. The number of hydrogen-bond acceptors (Lipinski definition) is 5. The lowest BCUT2D eigenvalue weighted by Crippen LogP contribution is -2.23. The molecule has 0 aliphatic rings. The Morgan fingerprint density at radius 2 is 1.81 bits per heavy atom. The van der Waals surface area contributed by atoms with Gasteiger partial charge in [0.05, 0.1) is 22.5 Å². The molecule has 31 heavy (non-hydrogen) atoms. The number of nitrogens with one attached hydrogen (secondary N) is 1. The van der Waals surface area contributed by atoms with Crippen LogP contribution in [0.2, 0.25) is 0 Å². The van der Waals surface area contributed by atoms with Crippen LogP contribution in [0.25, 0.3) is 11.0 Å². The average Bonchev–Trinajstić information content (AvgIpc) is 2.78. The van der Waals surface area contributed by atoms with Crippen molar-refractivity contribution in [1.82, 2.24) is 20.3 Å². The van der Waals surface area contributed by atoms with E-state index in [1.54, 1.807) is 19.3 Å². The van der Waals surface area contributed by atoms with Crippen LogP contribution in [0.15, 0.2) is 60.9 Å². The van der Waals surface area contributed by atoms with Crippen molar-refractivity contribution in [3.8, 4) is 5.75 Å². The van der Waals surface area contributed by atoms with Crippen molar-refractivity contribution < 1.29 is 13.9 Å². The van der Waals surface area contributed by atoms with Crippen molar-refractivity contribution >= 4 is 16.9 Å². The van der Waals surface area contributed by atoms with Crippen LogP contribution in [-0.4, -0.2) is 20.9 Å². The molecule has 2 aromatic carbocycles. The molecule has 1 amide bonds. The van der Waals surface area contributed by atoms with Gasteiger partial charge in [-0.25, -0.2) is 14.4 Å². The van der Waals surface area contributed by atoms with E-state index in [-0.39, 0.29) is 12.1 Å². The number of carbonyl (C=O) groups is 1. The van der Waals surface area contributed by atoms with E-state index < -0.39 is 11.7 Å². The number of ether oxygens (including phenoxy) is 1. The molecule has 0 bridgehead atoms. The molecule has 0 atom stereocenters.